The molecule has 226 valence electrons. The summed E-state index contributed by atoms with van der Waals surface area (Å²) >= 11 is 17.0. The predicted octanol–water partition coefficient (Wildman–Crippen LogP) is 2.52. The number of rotatable bonds is 11. The molecule has 1 fully saturated rings. The van der Waals surface area contributed by atoms with Crippen molar-refractivity contribution in [1.82, 2.24) is 20.1 Å². The van der Waals surface area contributed by atoms with Crippen molar-refractivity contribution in [3.8, 4) is 0 Å². The molecular weight excluding hydrogens is 627 g/mol. The number of amides is 4. The van der Waals surface area contributed by atoms with Crippen molar-refractivity contribution in [2.75, 3.05) is 19.8 Å². The summed E-state index contributed by atoms with van der Waals surface area (Å²) in [5.41, 5.74) is 2.68. The van der Waals surface area contributed by atoms with E-state index in [2.05, 4.69) is 11.9 Å². The standard InChI is InChI=1S/C24H29Cl3N4O9S/c1-5-38-22(35)29-31(23(36)39-6-2)41(37)20-17(28-16(32)12-15-10-8-7-9-11-15)19(33)30(20)18(14(3)4)21(34)40-13-24(25,26)27/h7-11,17-18,20H,3,5-6,12-13H2,1-2,4H3,(H,28,32)(H,29,35). The topological polar surface area (TPSA) is 161 Å². The van der Waals surface area contributed by atoms with E-state index in [-0.39, 0.29) is 25.2 Å². The minimum absolute atomic E-state index is 0.0600. The van der Waals surface area contributed by atoms with E-state index in [0.717, 1.165) is 4.90 Å². The van der Waals surface area contributed by atoms with Crippen molar-refractivity contribution in [2.45, 2.75) is 48.4 Å². The number of alkyl halides is 3. The van der Waals surface area contributed by atoms with E-state index in [0.29, 0.717) is 9.98 Å². The lowest BCUT2D eigenvalue weighted by Crippen LogP contribution is -2.77. The number of nitrogens with one attached hydrogen (secondary N) is 2. The Hall–Kier alpha value is -3.07. The molecule has 41 heavy (non-hydrogen) atoms. The van der Waals surface area contributed by atoms with Gasteiger partial charge in [-0.2, -0.15) is 0 Å². The molecule has 0 aromatic heterocycles. The largest absolute Gasteiger partial charge is 0.459 e. The van der Waals surface area contributed by atoms with Gasteiger partial charge >= 0.3 is 18.2 Å². The van der Waals surface area contributed by atoms with Crippen LogP contribution in [0.5, 0.6) is 0 Å². The molecule has 2 rings (SSSR count). The molecule has 0 aliphatic carbocycles. The fraction of sp³-hybridized carbons (Fsp3) is 0.458. The molecule has 1 saturated heterocycles. The van der Waals surface area contributed by atoms with Crippen LogP contribution in [-0.4, -0.2) is 84.6 Å². The summed E-state index contributed by atoms with van der Waals surface area (Å²) in [6, 6.07) is 5.49. The molecule has 4 unspecified atom stereocenters. The number of ether oxygens (including phenoxy) is 3. The Labute approximate surface area is 253 Å². The molecular formula is C24H29Cl3N4O9S. The monoisotopic (exact) mass is 654 g/mol. The maximum Gasteiger partial charge on any atom is 0.441 e. The normalized spacial score (nSPS) is 17.8. The van der Waals surface area contributed by atoms with Gasteiger partial charge in [-0.25, -0.2) is 24.0 Å². The Morgan fingerprint density at radius 1 is 1.10 bits per heavy atom. The molecule has 0 radical (unpaired) electrons. The first kappa shape index (κ1) is 34.1. The number of hydrazine groups is 1. The number of carbonyl (C=O) groups excluding carboxylic acids is 5. The molecule has 1 aliphatic rings. The number of benzene rings is 1. The first-order valence-corrected chi connectivity index (χ1v) is 14.4. The van der Waals surface area contributed by atoms with E-state index < -0.39 is 68.8 Å². The average Bonchev–Trinajstić information content (AvgIpc) is 2.89. The number of likely N-dealkylation sites (tertiary alicyclic amines) is 1. The molecule has 2 N–H and O–H groups in total. The van der Waals surface area contributed by atoms with Gasteiger partial charge in [0.25, 0.3) is 5.91 Å². The van der Waals surface area contributed by atoms with E-state index in [1.54, 1.807) is 30.3 Å². The predicted molar refractivity (Wildman–Crippen MR) is 150 cm³/mol. The fourth-order valence-electron chi connectivity index (χ4n) is 3.60. The smallest absolute Gasteiger partial charge is 0.441 e. The van der Waals surface area contributed by atoms with E-state index in [9.17, 15) is 28.2 Å². The number of esters is 1. The van der Waals surface area contributed by atoms with Gasteiger partial charge in [0.05, 0.1) is 19.6 Å². The summed E-state index contributed by atoms with van der Waals surface area (Å²) in [6.45, 7) is 7.10. The third-order valence-electron chi connectivity index (χ3n) is 5.24. The third kappa shape index (κ3) is 9.48. The molecule has 4 amide bonds. The van der Waals surface area contributed by atoms with Crippen LogP contribution < -0.4 is 10.7 Å². The second kappa shape index (κ2) is 15.2. The van der Waals surface area contributed by atoms with Gasteiger partial charge < -0.3 is 24.4 Å². The quantitative estimate of drug-likeness (QED) is 0.0912. The molecule has 1 aromatic rings. The van der Waals surface area contributed by atoms with Gasteiger partial charge in [0, 0.05) is 0 Å². The Balaban J connectivity index is 2.46. The highest BCUT2D eigenvalue weighted by molar-refractivity contribution is 7.84. The fourth-order valence-corrected chi connectivity index (χ4v) is 5.18. The van der Waals surface area contributed by atoms with Crippen LogP contribution in [0.4, 0.5) is 9.59 Å². The zero-order chi connectivity index (χ0) is 30.9. The molecule has 1 aliphatic heterocycles. The molecule has 0 bridgehead atoms. The Bertz CT molecular complexity index is 1180. The molecule has 1 aromatic carbocycles. The van der Waals surface area contributed by atoms with Crippen molar-refractivity contribution in [2.24, 2.45) is 0 Å². The lowest BCUT2D eigenvalue weighted by atomic mass is 9.99. The maximum absolute atomic E-state index is 13.8. The lowest BCUT2D eigenvalue weighted by Gasteiger charge is -2.49. The summed E-state index contributed by atoms with van der Waals surface area (Å²) < 4.78 is 26.8. The highest BCUT2D eigenvalue weighted by Crippen LogP contribution is 2.32. The summed E-state index contributed by atoms with van der Waals surface area (Å²) in [4.78, 5) is 64.8. The summed E-state index contributed by atoms with van der Waals surface area (Å²) in [6.07, 6.45) is -2.56. The number of carbonyl (C=O) groups is 5. The van der Waals surface area contributed by atoms with Crippen molar-refractivity contribution < 1.29 is 42.4 Å². The Kier molecular flexibility index (Phi) is 12.7. The summed E-state index contributed by atoms with van der Waals surface area (Å²) in [5, 5.41) is 0.876. The lowest BCUT2D eigenvalue weighted by molar-refractivity contribution is -0.163. The van der Waals surface area contributed by atoms with Gasteiger partial charge in [-0.05, 0) is 31.9 Å². The molecule has 4 atom stereocenters. The van der Waals surface area contributed by atoms with Crippen molar-refractivity contribution in [3.05, 3.63) is 48.0 Å². The molecule has 13 nitrogen and oxygen atoms in total. The van der Waals surface area contributed by atoms with Gasteiger partial charge in [-0.15, -0.1) is 4.41 Å². The van der Waals surface area contributed by atoms with E-state index >= 15 is 0 Å². The second-order valence-electron chi connectivity index (χ2n) is 8.42. The van der Waals surface area contributed by atoms with Gasteiger partial charge in [-0.1, -0.05) is 71.7 Å². The summed E-state index contributed by atoms with van der Waals surface area (Å²) in [7, 11) is -2.68. The molecule has 17 heteroatoms. The SMILES string of the molecule is C=C(C)C(C(=O)OCC(Cl)(Cl)Cl)N1C(=O)C(NC(=O)Cc2ccccc2)C1S(=O)N(NC(=O)OCC)C(=O)OCC. The highest BCUT2D eigenvalue weighted by atomic mass is 35.6. The number of hydrogen-bond acceptors (Lipinski definition) is 9. The van der Waals surface area contributed by atoms with Gasteiger partial charge in [0.2, 0.25) is 9.70 Å². The van der Waals surface area contributed by atoms with Gasteiger partial charge in [0.15, 0.2) is 22.4 Å². The summed E-state index contributed by atoms with van der Waals surface area (Å²) in [5.74, 6) is -2.57. The van der Waals surface area contributed by atoms with Crippen LogP contribution in [0.3, 0.4) is 0 Å². The van der Waals surface area contributed by atoms with Crippen LogP contribution >= 0.6 is 34.8 Å². The minimum Gasteiger partial charge on any atom is -0.459 e. The van der Waals surface area contributed by atoms with Crippen LogP contribution in [0.1, 0.15) is 26.3 Å². The maximum atomic E-state index is 13.8. The third-order valence-corrected chi connectivity index (χ3v) is 7.08. The minimum atomic E-state index is -2.68. The highest BCUT2D eigenvalue weighted by Gasteiger charge is 2.58. The van der Waals surface area contributed by atoms with Crippen LogP contribution in [0.2, 0.25) is 0 Å². The van der Waals surface area contributed by atoms with Crippen LogP contribution in [0.15, 0.2) is 42.5 Å². The zero-order valence-electron chi connectivity index (χ0n) is 22.3. The Morgan fingerprint density at radius 3 is 2.24 bits per heavy atom. The van der Waals surface area contributed by atoms with Crippen molar-refractivity contribution in [3.63, 3.8) is 0 Å². The second-order valence-corrected chi connectivity index (χ2v) is 12.3. The number of halogens is 3. The van der Waals surface area contributed by atoms with Crippen LogP contribution in [0.25, 0.3) is 0 Å². The number of hydrogen-bond donors (Lipinski definition) is 2. The number of nitrogens with zero attached hydrogens (tertiary/aromatic N) is 2. The van der Waals surface area contributed by atoms with E-state index in [1.807, 2.05) is 5.43 Å². The zero-order valence-corrected chi connectivity index (χ0v) is 25.3. The van der Waals surface area contributed by atoms with Gasteiger partial charge in [-0.3, -0.25) is 9.59 Å². The van der Waals surface area contributed by atoms with Crippen LogP contribution in [-0.2, 0) is 46.0 Å². The molecule has 0 spiro atoms. The van der Waals surface area contributed by atoms with Crippen molar-refractivity contribution in [1.29, 1.82) is 0 Å². The molecule has 0 saturated carbocycles. The first-order chi connectivity index (χ1) is 19.2. The van der Waals surface area contributed by atoms with E-state index in [4.69, 9.17) is 49.0 Å². The van der Waals surface area contributed by atoms with Crippen molar-refractivity contribution >= 4 is 75.8 Å². The van der Waals surface area contributed by atoms with Gasteiger partial charge in [0.1, 0.15) is 12.6 Å². The van der Waals surface area contributed by atoms with Crippen LogP contribution in [0, 0.1) is 0 Å². The first-order valence-electron chi connectivity index (χ1n) is 12.1. The Morgan fingerprint density at radius 2 is 1.71 bits per heavy atom. The number of β-lactam (4-membered cyclic amide) rings is 1. The average molecular weight is 656 g/mol. The van der Waals surface area contributed by atoms with E-state index in [1.165, 1.54) is 20.8 Å². The molecule has 1 heterocycles.